The highest BCUT2D eigenvalue weighted by Gasteiger charge is 2.39. The highest BCUT2D eigenvalue weighted by atomic mass is 16.6. The lowest BCUT2D eigenvalue weighted by Gasteiger charge is -2.35. The fourth-order valence-electron chi connectivity index (χ4n) is 3.00. The van der Waals surface area contributed by atoms with Gasteiger partial charge in [0.1, 0.15) is 13.2 Å². The zero-order valence-corrected chi connectivity index (χ0v) is 12.8. The average molecular weight is 306 g/mol. The molecule has 0 aromatic heterocycles. The summed E-state index contributed by atoms with van der Waals surface area (Å²) < 4.78 is 16.3. The van der Waals surface area contributed by atoms with Gasteiger partial charge >= 0.3 is 0 Å². The van der Waals surface area contributed by atoms with Crippen molar-refractivity contribution in [2.45, 2.75) is 12.8 Å². The number of piperidine rings is 1. The number of methoxy groups -OCH3 is 1. The Hall–Kier alpha value is -1.79. The third-order valence-electron chi connectivity index (χ3n) is 4.26. The van der Waals surface area contributed by atoms with Crippen molar-refractivity contribution in [1.29, 1.82) is 0 Å². The monoisotopic (exact) mass is 306 g/mol. The van der Waals surface area contributed by atoms with Crippen LogP contribution in [0.3, 0.4) is 0 Å². The fraction of sp³-hybridized carbons (Fsp3) is 0.562. The third-order valence-corrected chi connectivity index (χ3v) is 4.26. The molecule has 120 valence electrons. The molecule has 1 aromatic rings. The van der Waals surface area contributed by atoms with E-state index in [2.05, 4.69) is 10.6 Å². The first-order valence-electron chi connectivity index (χ1n) is 7.64. The molecule has 6 nitrogen and oxygen atoms in total. The van der Waals surface area contributed by atoms with Gasteiger partial charge in [-0.2, -0.15) is 0 Å². The fourth-order valence-corrected chi connectivity index (χ4v) is 3.00. The van der Waals surface area contributed by atoms with Crippen molar-refractivity contribution in [2.24, 2.45) is 5.41 Å². The van der Waals surface area contributed by atoms with Crippen LogP contribution in [0.2, 0.25) is 0 Å². The predicted molar refractivity (Wildman–Crippen MR) is 82.5 cm³/mol. The summed E-state index contributed by atoms with van der Waals surface area (Å²) in [6, 6.07) is 5.48. The Morgan fingerprint density at radius 3 is 2.73 bits per heavy atom. The second-order valence-corrected chi connectivity index (χ2v) is 5.78. The summed E-state index contributed by atoms with van der Waals surface area (Å²) in [6.45, 7) is 3.19. The zero-order valence-electron chi connectivity index (χ0n) is 12.8. The molecule has 0 atom stereocenters. The molecule has 22 heavy (non-hydrogen) atoms. The second kappa shape index (κ2) is 6.54. The first-order chi connectivity index (χ1) is 10.7. The summed E-state index contributed by atoms with van der Waals surface area (Å²) in [5, 5.41) is 6.29. The Bertz CT molecular complexity index is 535. The lowest BCUT2D eigenvalue weighted by atomic mass is 9.78. The molecule has 1 fully saturated rings. The van der Waals surface area contributed by atoms with Gasteiger partial charge in [-0.1, -0.05) is 0 Å². The van der Waals surface area contributed by atoms with Crippen LogP contribution in [0, 0.1) is 5.41 Å². The lowest BCUT2D eigenvalue weighted by molar-refractivity contribution is -0.130. The molecule has 0 spiro atoms. The molecule has 2 aliphatic rings. The minimum absolute atomic E-state index is 0.00697. The van der Waals surface area contributed by atoms with E-state index in [9.17, 15) is 4.79 Å². The van der Waals surface area contributed by atoms with Crippen LogP contribution in [-0.4, -0.2) is 45.9 Å². The standard InChI is InChI=1S/C16H22N2O4/c1-20-11-16(4-6-17-7-5-16)15(19)18-12-2-3-13-14(10-12)22-9-8-21-13/h2-3,10,17H,4-9,11H2,1H3,(H,18,19). The van der Waals surface area contributed by atoms with Gasteiger partial charge in [0, 0.05) is 18.9 Å². The van der Waals surface area contributed by atoms with Gasteiger partial charge in [0.05, 0.1) is 12.0 Å². The van der Waals surface area contributed by atoms with Crippen LogP contribution in [-0.2, 0) is 9.53 Å². The van der Waals surface area contributed by atoms with Crippen molar-refractivity contribution in [2.75, 3.05) is 45.3 Å². The number of carbonyl (C=O) groups excluding carboxylic acids is 1. The van der Waals surface area contributed by atoms with E-state index >= 15 is 0 Å². The van der Waals surface area contributed by atoms with Crippen LogP contribution in [0.25, 0.3) is 0 Å². The van der Waals surface area contributed by atoms with E-state index in [-0.39, 0.29) is 5.91 Å². The maximum atomic E-state index is 12.8. The van der Waals surface area contributed by atoms with Gasteiger partial charge in [-0.05, 0) is 38.1 Å². The van der Waals surface area contributed by atoms with Crippen LogP contribution < -0.4 is 20.1 Å². The van der Waals surface area contributed by atoms with Crippen molar-refractivity contribution < 1.29 is 19.0 Å². The molecule has 1 amide bonds. The van der Waals surface area contributed by atoms with Crippen molar-refractivity contribution in [3.8, 4) is 11.5 Å². The first kappa shape index (κ1) is 15.1. The third kappa shape index (κ3) is 3.03. The van der Waals surface area contributed by atoms with E-state index in [0.717, 1.165) is 37.4 Å². The number of carbonyl (C=O) groups is 1. The summed E-state index contributed by atoms with van der Waals surface area (Å²) in [5.41, 5.74) is 0.260. The molecule has 0 aliphatic carbocycles. The Balaban J connectivity index is 1.74. The summed E-state index contributed by atoms with van der Waals surface area (Å²) in [7, 11) is 1.64. The number of hydrogen-bond donors (Lipinski definition) is 2. The summed E-state index contributed by atoms with van der Waals surface area (Å²) >= 11 is 0. The van der Waals surface area contributed by atoms with E-state index in [1.807, 2.05) is 18.2 Å². The molecule has 0 unspecified atom stereocenters. The SMILES string of the molecule is COCC1(C(=O)Nc2ccc3c(c2)OCCO3)CCNCC1. The quantitative estimate of drug-likeness (QED) is 0.880. The number of fused-ring (bicyclic) bond motifs is 1. The van der Waals surface area contributed by atoms with Crippen molar-refractivity contribution in [3.63, 3.8) is 0 Å². The highest BCUT2D eigenvalue weighted by molar-refractivity contribution is 5.95. The Kier molecular flexibility index (Phi) is 4.49. The maximum Gasteiger partial charge on any atom is 0.233 e. The lowest BCUT2D eigenvalue weighted by Crippen LogP contribution is -2.47. The molecule has 3 rings (SSSR count). The van der Waals surface area contributed by atoms with Crippen LogP contribution >= 0.6 is 0 Å². The van der Waals surface area contributed by atoms with E-state index < -0.39 is 5.41 Å². The van der Waals surface area contributed by atoms with Gasteiger partial charge in [-0.3, -0.25) is 4.79 Å². The number of amides is 1. The number of ether oxygens (including phenoxy) is 3. The molecular formula is C16H22N2O4. The van der Waals surface area contributed by atoms with Gasteiger partial charge < -0.3 is 24.8 Å². The molecule has 2 heterocycles. The summed E-state index contributed by atoms with van der Waals surface area (Å²) in [5.74, 6) is 1.40. The van der Waals surface area contributed by atoms with Gasteiger partial charge in [-0.15, -0.1) is 0 Å². The van der Waals surface area contributed by atoms with E-state index in [1.54, 1.807) is 7.11 Å². The highest BCUT2D eigenvalue weighted by Crippen LogP contribution is 2.35. The summed E-state index contributed by atoms with van der Waals surface area (Å²) in [4.78, 5) is 12.8. The van der Waals surface area contributed by atoms with E-state index in [4.69, 9.17) is 14.2 Å². The zero-order chi connectivity index (χ0) is 15.4. The van der Waals surface area contributed by atoms with E-state index in [0.29, 0.717) is 25.6 Å². The molecular weight excluding hydrogens is 284 g/mol. The smallest absolute Gasteiger partial charge is 0.233 e. The topological polar surface area (TPSA) is 68.8 Å². The minimum atomic E-state index is -0.465. The van der Waals surface area contributed by atoms with Gasteiger partial charge in [-0.25, -0.2) is 0 Å². The largest absolute Gasteiger partial charge is 0.486 e. The maximum absolute atomic E-state index is 12.8. The molecule has 1 aromatic carbocycles. The molecule has 0 bridgehead atoms. The number of benzene rings is 1. The van der Waals surface area contributed by atoms with Crippen LogP contribution in [0.4, 0.5) is 5.69 Å². The van der Waals surface area contributed by atoms with Crippen LogP contribution in [0.1, 0.15) is 12.8 Å². The molecule has 2 N–H and O–H groups in total. The molecule has 0 radical (unpaired) electrons. The Morgan fingerprint density at radius 1 is 1.27 bits per heavy atom. The van der Waals surface area contributed by atoms with E-state index in [1.165, 1.54) is 0 Å². The summed E-state index contributed by atoms with van der Waals surface area (Å²) in [6.07, 6.45) is 1.55. The molecule has 6 heteroatoms. The van der Waals surface area contributed by atoms with Crippen molar-refractivity contribution in [3.05, 3.63) is 18.2 Å². The second-order valence-electron chi connectivity index (χ2n) is 5.78. The molecule has 0 saturated carbocycles. The Labute approximate surface area is 130 Å². The Morgan fingerprint density at radius 2 is 2.00 bits per heavy atom. The van der Waals surface area contributed by atoms with Gasteiger partial charge in [0.15, 0.2) is 11.5 Å². The number of rotatable bonds is 4. The van der Waals surface area contributed by atoms with Gasteiger partial charge in [0.2, 0.25) is 5.91 Å². The molecule has 2 aliphatic heterocycles. The van der Waals surface area contributed by atoms with Crippen molar-refractivity contribution in [1.82, 2.24) is 5.32 Å². The van der Waals surface area contributed by atoms with Crippen LogP contribution in [0.15, 0.2) is 18.2 Å². The number of hydrogen-bond acceptors (Lipinski definition) is 5. The van der Waals surface area contributed by atoms with Crippen molar-refractivity contribution >= 4 is 11.6 Å². The van der Waals surface area contributed by atoms with Crippen LogP contribution in [0.5, 0.6) is 11.5 Å². The first-order valence-corrected chi connectivity index (χ1v) is 7.64. The predicted octanol–water partition coefficient (Wildman–Crippen LogP) is 1.41. The normalized spacial score (nSPS) is 19.5. The minimum Gasteiger partial charge on any atom is -0.486 e. The number of nitrogens with one attached hydrogen (secondary N) is 2. The number of anilines is 1. The van der Waals surface area contributed by atoms with Gasteiger partial charge in [0.25, 0.3) is 0 Å². The average Bonchev–Trinajstić information content (AvgIpc) is 2.56. The molecule has 1 saturated heterocycles.